The Morgan fingerprint density at radius 1 is 1.17 bits per heavy atom. The smallest absolute Gasteiger partial charge is 0.350 e. The maximum Gasteiger partial charge on any atom is 0.416 e. The monoisotopic (exact) mass is 418 g/mol. The van der Waals surface area contributed by atoms with Crippen LogP contribution in [0, 0.1) is 0 Å². The van der Waals surface area contributed by atoms with Crippen LogP contribution in [-0.2, 0) is 24.1 Å². The van der Waals surface area contributed by atoms with E-state index in [-0.39, 0.29) is 12.5 Å². The summed E-state index contributed by atoms with van der Waals surface area (Å²) in [4.78, 5) is 15.0. The lowest BCUT2D eigenvalue weighted by atomic mass is 9.85. The number of hydrogen-bond donors (Lipinski definition) is 1. The molecule has 1 aliphatic rings. The van der Waals surface area contributed by atoms with Gasteiger partial charge in [0.2, 0.25) is 5.91 Å². The minimum absolute atomic E-state index is 0.0943. The Bertz CT molecular complexity index is 1030. The SMILES string of the molecule is CC1(C(=O)NCc2ccc(C(F)(F)F)cc2)CCN1Cc1csc2ccccc12. The number of carbonyl (C=O) groups excluding carboxylic acids is 1. The zero-order valence-corrected chi connectivity index (χ0v) is 16.7. The van der Waals surface area contributed by atoms with Gasteiger partial charge in [-0.3, -0.25) is 9.69 Å². The van der Waals surface area contributed by atoms with Crippen LogP contribution in [0.15, 0.2) is 53.9 Å². The van der Waals surface area contributed by atoms with Crippen LogP contribution in [0.25, 0.3) is 10.1 Å². The normalized spacial score (nSPS) is 19.9. The Morgan fingerprint density at radius 2 is 1.90 bits per heavy atom. The van der Waals surface area contributed by atoms with Gasteiger partial charge < -0.3 is 5.32 Å². The van der Waals surface area contributed by atoms with Gasteiger partial charge in [-0.05, 0) is 53.4 Å². The number of rotatable bonds is 5. The summed E-state index contributed by atoms with van der Waals surface area (Å²) in [6, 6.07) is 13.1. The van der Waals surface area contributed by atoms with Crippen molar-refractivity contribution in [2.24, 2.45) is 0 Å². The number of hydrogen-bond acceptors (Lipinski definition) is 3. The van der Waals surface area contributed by atoms with E-state index >= 15 is 0 Å². The minimum Gasteiger partial charge on any atom is -0.350 e. The fourth-order valence-corrected chi connectivity index (χ4v) is 4.62. The quantitative estimate of drug-likeness (QED) is 0.618. The van der Waals surface area contributed by atoms with Gasteiger partial charge in [-0.25, -0.2) is 0 Å². The van der Waals surface area contributed by atoms with Gasteiger partial charge in [0.05, 0.1) is 11.1 Å². The summed E-state index contributed by atoms with van der Waals surface area (Å²) in [5.74, 6) is -0.0943. The van der Waals surface area contributed by atoms with E-state index < -0.39 is 17.3 Å². The molecule has 1 atom stereocenters. The summed E-state index contributed by atoms with van der Waals surface area (Å²) in [6.07, 6.45) is -3.60. The molecule has 7 heteroatoms. The van der Waals surface area contributed by atoms with Crippen molar-refractivity contribution in [1.29, 1.82) is 0 Å². The highest BCUT2D eigenvalue weighted by atomic mass is 32.1. The number of fused-ring (bicyclic) bond motifs is 1. The predicted molar refractivity (Wildman–Crippen MR) is 109 cm³/mol. The van der Waals surface area contributed by atoms with Gasteiger partial charge in [-0.15, -0.1) is 11.3 Å². The summed E-state index contributed by atoms with van der Waals surface area (Å²) in [6.45, 7) is 3.68. The highest BCUT2D eigenvalue weighted by Gasteiger charge is 2.46. The average Bonchev–Trinajstić information content (AvgIpc) is 3.11. The second kappa shape index (κ2) is 7.46. The largest absolute Gasteiger partial charge is 0.416 e. The molecule has 0 aliphatic carbocycles. The van der Waals surface area contributed by atoms with Crippen LogP contribution in [0.4, 0.5) is 13.2 Å². The molecule has 1 amide bonds. The molecule has 0 saturated carbocycles. The maximum atomic E-state index is 12.8. The van der Waals surface area contributed by atoms with E-state index in [0.717, 1.165) is 25.1 Å². The van der Waals surface area contributed by atoms with E-state index in [1.54, 1.807) is 11.3 Å². The van der Waals surface area contributed by atoms with E-state index in [2.05, 4.69) is 27.7 Å². The molecule has 3 aromatic rings. The van der Waals surface area contributed by atoms with Gasteiger partial charge in [0.1, 0.15) is 0 Å². The van der Waals surface area contributed by atoms with Crippen LogP contribution in [-0.4, -0.2) is 22.9 Å². The molecular formula is C22H21F3N2OS. The summed E-state index contributed by atoms with van der Waals surface area (Å²) >= 11 is 1.70. The van der Waals surface area contributed by atoms with Crippen molar-refractivity contribution < 1.29 is 18.0 Å². The van der Waals surface area contributed by atoms with Gasteiger partial charge >= 0.3 is 6.18 Å². The average molecular weight is 418 g/mol. The van der Waals surface area contributed by atoms with E-state index in [1.165, 1.54) is 27.8 Å². The Labute approximate surface area is 171 Å². The number of nitrogens with zero attached hydrogens (tertiary/aromatic N) is 1. The Kier molecular flexibility index (Phi) is 5.12. The van der Waals surface area contributed by atoms with Crippen LogP contribution >= 0.6 is 11.3 Å². The van der Waals surface area contributed by atoms with E-state index in [4.69, 9.17) is 0 Å². The molecule has 1 aromatic heterocycles. The van der Waals surface area contributed by atoms with Crippen molar-refractivity contribution >= 4 is 27.3 Å². The van der Waals surface area contributed by atoms with Crippen molar-refractivity contribution in [3.63, 3.8) is 0 Å². The zero-order chi connectivity index (χ0) is 20.6. The molecule has 1 fully saturated rings. The second-order valence-corrected chi connectivity index (χ2v) is 8.49. The minimum atomic E-state index is -4.35. The summed E-state index contributed by atoms with van der Waals surface area (Å²) < 4.78 is 39.2. The third-order valence-corrected chi connectivity index (χ3v) is 6.72. The molecule has 0 spiro atoms. The molecule has 0 bridgehead atoms. The Hall–Kier alpha value is -2.38. The third kappa shape index (κ3) is 3.89. The van der Waals surface area contributed by atoms with E-state index in [9.17, 15) is 18.0 Å². The number of nitrogens with one attached hydrogen (secondary N) is 1. The topological polar surface area (TPSA) is 32.3 Å². The molecule has 3 nitrogen and oxygen atoms in total. The fraction of sp³-hybridized carbons (Fsp3) is 0.318. The molecule has 1 N–H and O–H groups in total. The van der Waals surface area contributed by atoms with Crippen molar-refractivity contribution in [3.8, 4) is 0 Å². The van der Waals surface area contributed by atoms with Gasteiger partial charge in [0.15, 0.2) is 0 Å². The van der Waals surface area contributed by atoms with Crippen LogP contribution in [0.3, 0.4) is 0 Å². The molecule has 1 aliphatic heterocycles. The lowest BCUT2D eigenvalue weighted by molar-refractivity contribution is -0.142. The summed E-state index contributed by atoms with van der Waals surface area (Å²) in [7, 11) is 0. The first-order valence-corrected chi connectivity index (χ1v) is 10.3. The lowest BCUT2D eigenvalue weighted by Gasteiger charge is -2.49. The number of benzene rings is 2. The summed E-state index contributed by atoms with van der Waals surface area (Å²) in [5.41, 5.74) is 0.569. The molecule has 29 heavy (non-hydrogen) atoms. The van der Waals surface area contributed by atoms with E-state index in [1.807, 2.05) is 19.1 Å². The van der Waals surface area contributed by atoms with Crippen molar-refractivity contribution in [2.75, 3.05) is 6.54 Å². The van der Waals surface area contributed by atoms with E-state index in [0.29, 0.717) is 12.1 Å². The van der Waals surface area contributed by atoms with Crippen LogP contribution in [0.5, 0.6) is 0 Å². The number of halogens is 3. The molecule has 1 unspecified atom stereocenters. The first kappa shape index (κ1) is 19.9. The number of likely N-dealkylation sites (tertiary alicyclic amines) is 1. The number of thiophene rings is 1. The van der Waals surface area contributed by atoms with Crippen LogP contribution in [0.1, 0.15) is 30.0 Å². The van der Waals surface area contributed by atoms with Gasteiger partial charge in [0, 0.05) is 24.3 Å². The highest BCUT2D eigenvalue weighted by Crippen LogP contribution is 2.35. The molecule has 152 valence electrons. The molecule has 4 rings (SSSR count). The Morgan fingerprint density at radius 3 is 2.55 bits per heavy atom. The number of carbonyl (C=O) groups is 1. The molecule has 2 heterocycles. The zero-order valence-electron chi connectivity index (χ0n) is 15.9. The van der Waals surface area contributed by atoms with Crippen LogP contribution < -0.4 is 5.32 Å². The first-order chi connectivity index (χ1) is 13.8. The molecular weight excluding hydrogens is 397 g/mol. The van der Waals surface area contributed by atoms with Gasteiger partial charge in [-0.2, -0.15) is 13.2 Å². The van der Waals surface area contributed by atoms with Crippen LogP contribution in [0.2, 0.25) is 0 Å². The molecule has 2 aromatic carbocycles. The molecule has 0 radical (unpaired) electrons. The van der Waals surface area contributed by atoms with Crippen molar-refractivity contribution in [1.82, 2.24) is 10.2 Å². The maximum absolute atomic E-state index is 12.8. The first-order valence-electron chi connectivity index (χ1n) is 9.42. The predicted octanol–water partition coefficient (Wildman–Crippen LogP) is 5.20. The second-order valence-electron chi connectivity index (χ2n) is 7.58. The third-order valence-electron chi connectivity index (χ3n) is 5.71. The number of alkyl halides is 3. The number of amides is 1. The standard InChI is InChI=1S/C22H21F3N2OS/c1-21(20(28)26-12-15-6-8-17(9-7-15)22(23,24)25)10-11-27(21)13-16-14-29-19-5-3-2-4-18(16)19/h2-9,14H,10-13H2,1H3,(H,26,28). The molecule has 1 saturated heterocycles. The Balaban J connectivity index is 1.39. The fourth-order valence-electron chi connectivity index (χ4n) is 3.66. The highest BCUT2D eigenvalue weighted by molar-refractivity contribution is 7.17. The van der Waals surface area contributed by atoms with Gasteiger partial charge in [0.25, 0.3) is 0 Å². The summed E-state index contributed by atoms with van der Waals surface area (Å²) in [5, 5.41) is 6.25. The van der Waals surface area contributed by atoms with Crippen molar-refractivity contribution in [2.45, 2.75) is 38.1 Å². The van der Waals surface area contributed by atoms with Gasteiger partial charge in [-0.1, -0.05) is 30.3 Å². The lowest BCUT2D eigenvalue weighted by Crippen LogP contribution is -2.65. The van der Waals surface area contributed by atoms with Crippen molar-refractivity contribution in [3.05, 3.63) is 70.6 Å².